The Kier molecular flexibility index (Phi) is 4.12. The number of likely N-dealkylation sites (N-methyl/N-ethyl adjacent to an activating group) is 1. The summed E-state index contributed by atoms with van der Waals surface area (Å²) >= 11 is 6.05. The maximum atomic E-state index is 4.20. The molecule has 1 aromatic rings. The van der Waals surface area contributed by atoms with Crippen molar-refractivity contribution in [2.24, 2.45) is 0 Å². The van der Waals surface area contributed by atoms with Crippen LogP contribution < -0.4 is 0 Å². The molecule has 0 aromatic carbocycles. The van der Waals surface area contributed by atoms with E-state index in [1.54, 1.807) is 0 Å². The zero-order valence-electron chi connectivity index (χ0n) is 7.58. The lowest BCUT2D eigenvalue weighted by Gasteiger charge is -2.12. The molecule has 0 bridgehead atoms. The van der Waals surface area contributed by atoms with Crippen molar-refractivity contribution in [1.82, 2.24) is 4.90 Å². The van der Waals surface area contributed by atoms with E-state index in [2.05, 4.69) is 42.9 Å². The van der Waals surface area contributed by atoms with Crippen molar-refractivity contribution in [3.63, 3.8) is 0 Å². The maximum absolute atomic E-state index is 4.20. The first-order valence-electron chi connectivity index (χ1n) is 4.06. The van der Waals surface area contributed by atoms with E-state index in [0.29, 0.717) is 0 Å². The van der Waals surface area contributed by atoms with Gasteiger partial charge in [-0.05, 0) is 37.4 Å². The van der Waals surface area contributed by atoms with Crippen molar-refractivity contribution in [3.8, 4) is 0 Å². The SMILES string of the molecule is Cc1ccsc1CCN(C)CS. The van der Waals surface area contributed by atoms with Crippen LogP contribution in [0, 0.1) is 6.92 Å². The minimum Gasteiger partial charge on any atom is -0.297 e. The summed E-state index contributed by atoms with van der Waals surface area (Å²) in [4.78, 5) is 3.71. The normalized spacial score (nSPS) is 11.0. The van der Waals surface area contributed by atoms with Crippen LogP contribution in [0.15, 0.2) is 11.4 Å². The lowest BCUT2D eigenvalue weighted by atomic mass is 10.2. The molecule has 0 atom stereocenters. The second-order valence-corrected chi connectivity index (χ2v) is 4.28. The second-order valence-electron chi connectivity index (χ2n) is 3.00. The molecule has 0 amide bonds. The van der Waals surface area contributed by atoms with E-state index in [4.69, 9.17) is 0 Å². The topological polar surface area (TPSA) is 3.24 Å². The van der Waals surface area contributed by atoms with Gasteiger partial charge in [-0.25, -0.2) is 0 Å². The quantitative estimate of drug-likeness (QED) is 0.578. The van der Waals surface area contributed by atoms with E-state index >= 15 is 0 Å². The van der Waals surface area contributed by atoms with E-state index in [9.17, 15) is 0 Å². The summed E-state index contributed by atoms with van der Waals surface area (Å²) in [6.07, 6.45) is 1.15. The van der Waals surface area contributed by atoms with E-state index < -0.39 is 0 Å². The Bertz CT molecular complexity index is 232. The summed E-state index contributed by atoms with van der Waals surface area (Å²) in [5, 5.41) is 2.16. The van der Waals surface area contributed by atoms with Gasteiger partial charge in [0.25, 0.3) is 0 Å². The predicted molar refractivity (Wildman–Crippen MR) is 59.2 cm³/mol. The van der Waals surface area contributed by atoms with Gasteiger partial charge in [-0.1, -0.05) is 0 Å². The molecule has 0 aliphatic carbocycles. The van der Waals surface area contributed by atoms with Crippen LogP contribution in [0.2, 0.25) is 0 Å². The van der Waals surface area contributed by atoms with Crippen molar-refractivity contribution in [3.05, 3.63) is 21.9 Å². The number of nitrogens with zero attached hydrogens (tertiary/aromatic N) is 1. The lowest BCUT2D eigenvalue weighted by molar-refractivity contribution is 0.400. The molecule has 0 N–H and O–H groups in total. The maximum Gasteiger partial charge on any atom is 0.0411 e. The molecule has 0 saturated carbocycles. The van der Waals surface area contributed by atoms with Crippen LogP contribution in [0.1, 0.15) is 10.4 Å². The first-order chi connectivity index (χ1) is 5.74. The third-order valence-electron chi connectivity index (χ3n) is 1.93. The van der Waals surface area contributed by atoms with Crippen molar-refractivity contribution in [2.45, 2.75) is 13.3 Å². The van der Waals surface area contributed by atoms with Gasteiger partial charge in [-0.2, -0.15) is 12.6 Å². The Morgan fingerprint density at radius 1 is 1.58 bits per heavy atom. The van der Waals surface area contributed by atoms with Crippen LogP contribution in [0.25, 0.3) is 0 Å². The van der Waals surface area contributed by atoms with Gasteiger partial charge in [0.05, 0.1) is 0 Å². The number of hydrogen-bond acceptors (Lipinski definition) is 3. The fraction of sp³-hybridized carbons (Fsp3) is 0.556. The van der Waals surface area contributed by atoms with Crippen LogP contribution in [0.5, 0.6) is 0 Å². The Labute approximate surface area is 83.8 Å². The highest BCUT2D eigenvalue weighted by molar-refractivity contribution is 7.80. The summed E-state index contributed by atoms with van der Waals surface area (Å²) < 4.78 is 0. The van der Waals surface area contributed by atoms with Crippen molar-refractivity contribution in [2.75, 3.05) is 19.5 Å². The fourth-order valence-electron chi connectivity index (χ4n) is 1.02. The van der Waals surface area contributed by atoms with E-state index in [0.717, 1.165) is 18.8 Å². The van der Waals surface area contributed by atoms with Crippen LogP contribution in [0.3, 0.4) is 0 Å². The summed E-state index contributed by atoms with van der Waals surface area (Å²) in [5.74, 6) is 0.838. The molecule has 0 saturated heterocycles. The van der Waals surface area contributed by atoms with Gasteiger partial charge in [0.15, 0.2) is 0 Å². The average molecular weight is 201 g/mol. The Morgan fingerprint density at radius 2 is 2.33 bits per heavy atom. The molecule has 0 unspecified atom stereocenters. The zero-order valence-corrected chi connectivity index (χ0v) is 9.29. The molecule has 1 aromatic heterocycles. The highest BCUT2D eigenvalue weighted by Gasteiger charge is 2.00. The first-order valence-corrected chi connectivity index (χ1v) is 5.57. The molecule has 0 radical (unpaired) electrons. The Morgan fingerprint density at radius 3 is 2.83 bits per heavy atom. The summed E-state index contributed by atoms with van der Waals surface area (Å²) in [6.45, 7) is 3.28. The molecular weight excluding hydrogens is 186 g/mol. The molecule has 0 spiro atoms. The molecule has 0 aliphatic rings. The molecule has 3 heteroatoms. The zero-order chi connectivity index (χ0) is 8.97. The van der Waals surface area contributed by atoms with E-state index in [-0.39, 0.29) is 0 Å². The van der Waals surface area contributed by atoms with Crippen molar-refractivity contribution >= 4 is 24.0 Å². The third-order valence-corrected chi connectivity index (χ3v) is 3.50. The summed E-state index contributed by atoms with van der Waals surface area (Å²) in [5.41, 5.74) is 1.42. The standard InChI is InChI=1S/C9H15NS2/c1-8-4-6-12-9(8)3-5-10(2)7-11/h4,6,11H,3,5,7H2,1-2H3. The van der Waals surface area contributed by atoms with Gasteiger partial charge in [-0.3, -0.25) is 4.90 Å². The van der Waals surface area contributed by atoms with Crippen LogP contribution >= 0.6 is 24.0 Å². The van der Waals surface area contributed by atoms with E-state index in [1.807, 2.05) is 11.3 Å². The highest BCUT2D eigenvalue weighted by atomic mass is 32.1. The molecular formula is C9H15NS2. The Balaban J connectivity index is 2.38. The lowest BCUT2D eigenvalue weighted by Crippen LogP contribution is -2.19. The number of thiophene rings is 1. The van der Waals surface area contributed by atoms with Gasteiger partial charge in [0, 0.05) is 17.3 Å². The fourth-order valence-corrected chi connectivity index (χ4v) is 2.06. The molecule has 68 valence electrons. The van der Waals surface area contributed by atoms with Gasteiger partial charge < -0.3 is 0 Å². The monoisotopic (exact) mass is 201 g/mol. The van der Waals surface area contributed by atoms with Crippen molar-refractivity contribution in [1.29, 1.82) is 0 Å². The number of rotatable bonds is 4. The average Bonchev–Trinajstić information content (AvgIpc) is 2.47. The van der Waals surface area contributed by atoms with Crippen LogP contribution in [0.4, 0.5) is 0 Å². The highest BCUT2D eigenvalue weighted by Crippen LogP contribution is 2.16. The smallest absolute Gasteiger partial charge is 0.0411 e. The number of hydrogen-bond donors (Lipinski definition) is 1. The molecule has 12 heavy (non-hydrogen) atoms. The largest absolute Gasteiger partial charge is 0.297 e. The molecule has 1 rings (SSSR count). The number of aryl methyl sites for hydroxylation is 1. The summed E-state index contributed by atoms with van der Waals surface area (Å²) in [7, 11) is 2.09. The van der Waals surface area contributed by atoms with Crippen molar-refractivity contribution < 1.29 is 0 Å². The minimum atomic E-state index is 0.838. The van der Waals surface area contributed by atoms with Gasteiger partial charge >= 0.3 is 0 Å². The molecule has 0 aliphatic heterocycles. The molecule has 1 heterocycles. The first kappa shape index (κ1) is 10.1. The van der Waals surface area contributed by atoms with Gasteiger partial charge in [-0.15, -0.1) is 11.3 Å². The summed E-state index contributed by atoms with van der Waals surface area (Å²) in [6, 6.07) is 2.18. The Hall–Kier alpha value is 0.01000. The number of thiol groups is 1. The van der Waals surface area contributed by atoms with Gasteiger partial charge in [0.2, 0.25) is 0 Å². The molecule has 1 nitrogen and oxygen atoms in total. The van der Waals surface area contributed by atoms with Crippen LogP contribution in [-0.4, -0.2) is 24.4 Å². The molecule has 0 fully saturated rings. The van der Waals surface area contributed by atoms with Crippen LogP contribution in [-0.2, 0) is 6.42 Å². The third kappa shape index (κ3) is 2.81. The predicted octanol–water partition coefficient (Wildman–Crippen LogP) is 2.42. The second kappa shape index (κ2) is 4.90. The minimum absolute atomic E-state index is 0.838. The van der Waals surface area contributed by atoms with E-state index in [1.165, 1.54) is 10.4 Å². The van der Waals surface area contributed by atoms with Gasteiger partial charge in [0.1, 0.15) is 0 Å².